The van der Waals surface area contributed by atoms with Gasteiger partial charge >= 0.3 is 5.69 Å². The number of piperazine rings is 1. The van der Waals surface area contributed by atoms with E-state index in [9.17, 15) is 14.5 Å². The first-order valence-electron chi connectivity index (χ1n) is 11.1. The topological polar surface area (TPSA) is 108 Å². The van der Waals surface area contributed by atoms with Crippen LogP contribution in [-0.2, 0) is 6.54 Å². The van der Waals surface area contributed by atoms with E-state index in [4.69, 9.17) is 4.74 Å². The van der Waals surface area contributed by atoms with Crippen LogP contribution in [0, 0.1) is 21.3 Å². The molecule has 0 radical (unpaired) electrons. The van der Waals surface area contributed by atoms with Gasteiger partial charge in [0.15, 0.2) is 6.17 Å². The largest absolute Gasteiger partial charge is 0.450 e. The first-order chi connectivity index (χ1) is 16.8. The Morgan fingerprint density at radius 3 is 2.69 bits per heavy atom. The van der Waals surface area contributed by atoms with E-state index in [1.54, 1.807) is 12.4 Å². The Kier molecular flexibility index (Phi) is 6.24. The molecule has 1 fully saturated rings. The smallest absolute Gasteiger partial charge is 0.311 e. The van der Waals surface area contributed by atoms with E-state index in [1.807, 2.05) is 6.07 Å². The molecule has 10 nitrogen and oxygen atoms in total. The number of halogens is 2. The van der Waals surface area contributed by atoms with Crippen molar-refractivity contribution in [1.82, 2.24) is 15.2 Å². The van der Waals surface area contributed by atoms with Gasteiger partial charge in [0, 0.05) is 38.8 Å². The number of rotatable bonds is 5. The minimum absolute atomic E-state index is 0.118. The maximum atomic E-state index is 13.1. The molecule has 2 aromatic carbocycles. The summed E-state index contributed by atoms with van der Waals surface area (Å²) in [6, 6.07) is 10.3. The van der Waals surface area contributed by atoms with Crippen LogP contribution in [-0.4, -0.2) is 63.9 Å². The predicted octanol–water partition coefficient (Wildman–Crippen LogP) is 3.73. The molecule has 0 amide bonds. The monoisotopic (exact) mass is 543 g/mol. The molecule has 0 aromatic heterocycles. The lowest BCUT2D eigenvalue weighted by Gasteiger charge is -2.42. The normalized spacial score (nSPS) is 23.9. The zero-order valence-electron chi connectivity index (χ0n) is 18.9. The molecule has 2 aromatic rings. The fraction of sp³-hybridized carbons (Fsp3) is 0.348. The summed E-state index contributed by atoms with van der Waals surface area (Å²) in [5, 5.41) is 16.0. The second-order valence-electron chi connectivity index (χ2n) is 8.73. The Morgan fingerprint density at radius 2 is 1.97 bits per heavy atom. The van der Waals surface area contributed by atoms with Crippen LogP contribution in [0.15, 0.2) is 57.6 Å². The van der Waals surface area contributed by atoms with Gasteiger partial charge in [0.05, 0.1) is 4.92 Å². The van der Waals surface area contributed by atoms with E-state index in [-0.39, 0.29) is 17.6 Å². The predicted molar refractivity (Wildman–Crippen MR) is 134 cm³/mol. The number of hydrazone groups is 1. The zero-order chi connectivity index (χ0) is 24.6. The van der Waals surface area contributed by atoms with Crippen LogP contribution in [0.5, 0.6) is 11.5 Å². The molecule has 182 valence electrons. The fourth-order valence-electron chi connectivity index (χ4n) is 4.47. The Balaban J connectivity index is 1.24. The molecule has 35 heavy (non-hydrogen) atoms. The number of ether oxygens (including phenoxy) is 1. The Bertz CT molecular complexity index is 1230. The molecule has 0 bridgehead atoms. The average molecular weight is 544 g/mol. The summed E-state index contributed by atoms with van der Waals surface area (Å²) < 4.78 is 19.6. The average Bonchev–Trinajstić information content (AvgIpc) is 3.16. The lowest BCUT2D eigenvalue weighted by molar-refractivity contribution is -0.385. The summed E-state index contributed by atoms with van der Waals surface area (Å²) in [6.45, 7) is 5.74. The van der Waals surface area contributed by atoms with Gasteiger partial charge < -0.3 is 9.64 Å². The molecule has 0 spiro atoms. The van der Waals surface area contributed by atoms with Gasteiger partial charge in [-0.2, -0.15) is 5.10 Å². The van der Waals surface area contributed by atoms with Crippen LogP contribution >= 0.6 is 15.9 Å². The van der Waals surface area contributed by atoms with Crippen molar-refractivity contribution in [3.8, 4) is 11.5 Å². The molecule has 3 aliphatic rings. The van der Waals surface area contributed by atoms with E-state index < -0.39 is 16.2 Å². The van der Waals surface area contributed by atoms with E-state index >= 15 is 0 Å². The van der Waals surface area contributed by atoms with Gasteiger partial charge in [0.2, 0.25) is 5.75 Å². The summed E-state index contributed by atoms with van der Waals surface area (Å²) in [5.74, 6) is 0.975. The first-order valence-corrected chi connectivity index (χ1v) is 11.9. The van der Waals surface area contributed by atoms with Gasteiger partial charge in [-0.15, -0.1) is 0 Å². The summed E-state index contributed by atoms with van der Waals surface area (Å²) >= 11 is 3.56. The van der Waals surface area contributed by atoms with Crippen molar-refractivity contribution < 1.29 is 14.1 Å². The second-order valence-corrected chi connectivity index (χ2v) is 9.48. The highest BCUT2D eigenvalue weighted by atomic mass is 79.9. The van der Waals surface area contributed by atoms with E-state index in [1.165, 1.54) is 30.3 Å². The maximum absolute atomic E-state index is 13.1. The Labute approximate surface area is 209 Å². The number of hydrogen-bond acceptors (Lipinski definition) is 9. The molecule has 3 aliphatic heterocycles. The number of hydrogen-bond donors (Lipinski definition) is 1. The number of fused-ring (bicyclic) bond motifs is 1. The lowest BCUT2D eigenvalue weighted by Crippen LogP contribution is -2.57. The van der Waals surface area contributed by atoms with Crippen molar-refractivity contribution >= 4 is 38.4 Å². The number of nitrogens with one attached hydrogen (secondary N) is 1. The highest BCUT2D eigenvalue weighted by molar-refractivity contribution is 9.18. The highest BCUT2D eigenvalue weighted by Crippen LogP contribution is 2.37. The minimum atomic E-state index is -0.463. The Hall–Kier alpha value is -3.38. The molecule has 1 N–H and O–H groups in total. The SMILES string of the molecule is CC12C(Br)=NNC1N=CN=C2N1CCN(Cc2ccc(Oc3ccc(F)cc3)c([N+](=O)[O-])c2)CC1. The number of nitro benzene ring substituents is 1. The molecule has 2 atom stereocenters. The quantitative estimate of drug-likeness (QED) is 0.454. The third kappa shape index (κ3) is 4.50. The lowest BCUT2D eigenvalue weighted by atomic mass is 9.86. The van der Waals surface area contributed by atoms with Crippen LogP contribution in [0.3, 0.4) is 0 Å². The molecule has 3 heterocycles. The maximum Gasteiger partial charge on any atom is 0.311 e. The van der Waals surface area contributed by atoms with E-state index in [0.717, 1.165) is 42.2 Å². The third-order valence-electron chi connectivity index (χ3n) is 6.46. The van der Waals surface area contributed by atoms with E-state index in [2.05, 4.69) is 53.2 Å². The molecular formula is C23H23BrFN7O3. The number of aliphatic imine (C=N–C) groups is 2. The first kappa shape index (κ1) is 23.4. The molecule has 0 aliphatic carbocycles. The molecule has 1 saturated heterocycles. The number of nitrogens with zero attached hydrogens (tertiary/aromatic N) is 6. The van der Waals surface area contributed by atoms with Crippen LogP contribution in [0.1, 0.15) is 12.5 Å². The van der Waals surface area contributed by atoms with Crippen LogP contribution in [0.2, 0.25) is 0 Å². The van der Waals surface area contributed by atoms with Crippen molar-refractivity contribution in [3.05, 3.63) is 64.0 Å². The standard InChI is InChI=1S/C23H23BrFN7O3/c1-23-20(24)28-29-21(23)26-14-27-22(23)31-10-8-30(9-11-31)13-15-2-7-19(18(12-15)32(33)34)35-17-5-3-16(25)4-6-17/h2-7,12,14,21,29H,8-11,13H2,1H3. The Morgan fingerprint density at radius 1 is 1.23 bits per heavy atom. The highest BCUT2D eigenvalue weighted by Gasteiger charge is 2.50. The van der Waals surface area contributed by atoms with Crippen molar-refractivity contribution in [2.75, 3.05) is 26.2 Å². The minimum Gasteiger partial charge on any atom is -0.450 e. The van der Waals surface area contributed by atoms with Gasteiger partial charge in [0.1, 0.15) is 33.8 Å². The van der Waals surface area contributed by atoms with Gasteiger partial charge in [-0.1, -0.05) is 6.07 Å². The summed E-state index contributed by atoms with van der Waals surface area (Å²) in [7, 11) is 0. The summed E-state index contributed by atoms with van der Waals surface area (Å²) in [5.41, 5.74) is 3.29. The van der Waals surface area contributed by atoms with Crippen molar-refractivity contribution in [1.29, 1.82) is 0 Å². The number of benzene rings is 2. The second kappa shape index (κ2) is 9.34. The van der Waals surface area contributed by atoms with Gasteiger partial charge in [0.25, 0.3) is 0 Å². The van der Waals surface area contributed by atoms with Crippen molar-refractivity contribution in [3.63, 3.8) is 0 Å². The zero-order valence-corrected chi connectivity index (χ0v) is 20.5. The van der Waals surface area contributed by atoms with Crippen LogP contribution < -0.4 is 10.2 Å². The van der Waals surface area contributed by atoms with Gasteiger partial charge in [-0.3, -0.25) is 20.4 Å². The van der Waals surface area contributed by atoms with Crippen molar-refractivity contribution in [2.24, 2.45) is 20.5 Å². The van der Waals surface area contributed by atoms with Gasteiger partial charge in [-0.05, 0) is 58.7 Å². The van der Waals surface area contributed by atoms with Crippen LogP contribution in [0.4, 0.5) is 10.1 Å². The van der Waals surface area contributed by atoms with E-state index in [0.29, 0.717) is 12.3 Å². The molecular weight excluding hydrogens is 521 g/mol. The van der Waals surface area contributed by atoms with Crippen molar-refractivity contribution in [2.45, 2.75) is 19.6 Å². The van der Waals surface area contributed by atoms with Crippen LogP contribution in [0.25, 0.3) is 0 Å². The molecule has 12 heteroatoms. The fourth-order valence-corrected chi connectivity index (χ4v) is 4.96. The number of amidine groups is 1. The third-order valence-corrected chi connectivity index (χ3v) is 7.46. The molecule has 2 unspecified atom stereocenters. The molecule has 0 saturated carbocycles. The summed E-state index contributed by atoms with van der Waals surface area (Å²) in [4.78, 5) is 24.7. The van der Waals surface area contributed by atoms with Gasteiger partial charge in [-0.25, -0.2) is 14.4 Å². The summed E-state index contributed by atoms with van der Waals surface area (Å²) in [6.07, 6.45) is 1.40. The molecule has 5 rings (SSSR count). The number of nitro groups is 1.